The predicted octanol–water partition coefficient (Wildman–Crippen LogP) is 1.59. The maximum atomic E-state index is 12.1. The molecular weight excluding hydrogens is 302 g/mol. The third-order valence-corrected chi connectivity index (χ3v) is 5.62. The van der Waals surface area contributed by atoms with Gasteiger partial charge in [0.15, 0.2) is 0 Å². The Balaban J connectivity index is 2.65. The monoisotopic (exact) mass is 321 g/mol. The molecule has 0 bridgehead atoms. The third-order valence-electron chi connectivity index (χ3n) is 2.76. The molecule has 8 heteroatoms. The van der Waals surface area contributed by atoms with Crippen LogP contribution in [0.25, 0.3) is 0 Å². The van der Waals surface area contributed by atoms with Gasteiger partial charge in [0.2, 0.25) is 10.0 Å². The number of hydrogen-bond donors (Lipinski definition) is 3. The first-order valence-corrected chi connectivity index (χ1v) is 8.68. The average Bonchev–Trinajstić information content (AvgIpc) is 2.76. The van der Waals surface area contributed by atoms with E-state index in [0.717, 1.165) is 24.2 Å². The molecule has 6 nitrogen and oxygen atoms in total. The number of rotatable bonds is 9. The van der Waals surface area contributed by atoms with Crippen LogP contribution in [-0.2, 0) is 10.0 Å². The van der Waals surface area contributed by atoms with E-state index < -0.39 is 16.0 Å². The van der Waals surface area contributed by atoms with Crippen molar-refractivity contribution in [3.8, 4) is 0 Å². The number of carboxylic acids is 1. The number of hydrogen-bond acceptors (Lipinski definition) is 5. The van der Waals surface area contributed by atoms with Gasteiger partial charge in [0.25, 0.3) is 0 Å². The van der Waals surface area contributed by atoms with E-state index in [0.29, 0.717) is 18.4 Å². The van der Waals surface area contributed by atoms with E-state index in [1.165, 1.54) is 5.38 Å². The van der Waals surface area contributed by atoms with E-state index in [4.69, 9.17) is 10.2 Å². The Morgan fingerprint density at radius 1 is 1.30 bits per heavy atom. The molecule has 0 amide bonds. The van der Waals surface area contributed by atoms with Crippen LogP contribution >= 0.6 is 11.3 Å². The molecule has 0 fully saturated rings. The van der Waals surface area contributed by atoms with Crippen molar-refractivity contribution in [2.45, 2.75) is 37.5 Å². The summed E-state index contributed by atoms with van der Waals surface area (Å²) >= 11 is 0.915. The highest BCUT2D eigenvalue weighted by Gasteiger charge is 2.26. The second-order valence-electron chi connectivity index (χ2n) is 4.42. The molecule has 0 atom stereocenters. The minimum Gasteiger partial charge on any atom is -0.477 e. The lowest BCUT2D eigenvalue weighted by Gasteiger charge is -2.07. The Bertz CT molecular complexity index is 550. The predicted molar refractivity (Wildman–Crippen MR) is 76.8 cm³/mol. The number of carbonyl (C=O) groups is 1. The van der Waals surface area contributed by atoms with Crippen molar-refractivity contribution in [2.24, 2.45) is 0 Å². The van der Waals surface area contributed by atoms with Crippen molar-refractivity contribution in [2.75, 3.05) is 13.2 Å². The van der Waals surface area contributed by atoms with Crippen molar-refractivity contribution in [3.63, 3.8) is 0 Å². The molecule has 0 aliphatic heterocycles. The maximum absolute atomic E-state index is 12.1. The van der Waals surface area contributed by atoms with E-state index in [9.17, 15) is 13.2 Å². The lowest BCUT2D eigenvalue weighted by molar-refractivity contribution is 0.0698. The average molecular weight is 321 g/mol. The van der Waals surface area contributed by atoms with Crippen LogP contribution in [0.5, 0.6) is 0 Å². The first-order valence-electron chi connectivity index (χ1n) is 6.32. The number of aliphatic hydroxyl groups is 1. The zero-order valence-corrected chi connectivity index (χ0v) is 12.9. The second-order valence-corrected chi connectivity index (χ2v) is 7.00. The molecule has 0 unspecified atom stereocenters. The van der Waals surface area contributed by atoms with Gasteiger partial charge >= 0.3 is 5.97 Å². The molecule has 114 valence electrons. The van der Waals surface area contributed by atoms with Gasteiger partial charge in [-0.1, -0.05) is 12.8 Å². The van der Waals surface area contributed by atoms with Gasteiger partial charge in [-0.05, 0) is 30.7 Å². The summed E-state index contributed by atoms with van der Waals surface area (Å²) in [6.45, 7) is 1.99. The number of aliphatic hydroxyl groups excluding tert-OH is 1. The highest BCUT2D eigenvalue weighted by molar-refractivity contribution is 7.89. The van der Waals surface area contributed by atoms with Crippen LogP contribution < -0.4 is 4.72 Å². The molecule has 0 aliphatic carbocycles. The molecular formula is C12H19NO5S2. The highest BCUT2D eigenvalue weighted by Crippen LogP contribution is 2.26. The Kier molecular flexibility index (Phi) is 6.60. The van der Waals surface area contributed by atoms with Gasteiger partial charge in [0, 0.05) is 13.2 Å². The lowest BCUT2D eigenvalue weighted by atomic mass is 10.2. The van der Waals surface area contributed by atoms with E-state index >= 15 is 0 Å². The van der Waals surface area contributed by atoms with Gasteiger partial charge in [-0.25, -0.2) is 17.9 Å². The van der Waals surface area contributed by atoms with Gasteiger partial charge in [-0.3, -0.25) is 0 Å². The first kappa shape index (κ1) is 17.1. The Hall–Kier alpha value is -0.960. The highest BCUT2D eigenvalue weighted by atomic mass is 32.2. The van der Waals surface area contributed by atoms with E-state index in [1.807, 2.05) is 0 Å². The van der Waals surface area contributed by atoms with E-state index in [2.05, 4.69) is 4.72 Å². The maximum Gasteiger partial charge on any atom is 0.347 e. The SMILES string of the molecule is Cc1csc(C(=O)O)c1S(=O)(=O)NCCCCCCO. The fraction of sp³-hybridized carbons (Fsp3) is 0.583. The molecule has 0 aromatic carbocycles. The van der Waals surface area contributed by atoms with Crippen LogP contribution in [0.15, 0.2) is 10.3 Å². The summed E-state index contributed by atoms with van der Waals surface area (Å²) in [5.41, 5.74) is 0.445. The second kappa shape index (κ2) is 7.72. The molecule has 3 N–H and O–H groups in total. The van der Waals surface area contributed by atoms with Crippen LogP contribution in [-0.4, -0.2) is 37.8 Å². The van der Waals surface area contributed by atoms with Crippen LogP contribution in [0.2, 0.25) is 0 Å². The normalized spacial score (nSPS) is 11.7. The fourth-order valence-electron chi connectivity index (χ4n) is 1.78. The number of carboxylic acid groups (broad SMARTS) is 1. The van der Waals surface area contributed by atoms with Crippen LogP contribution in [0.4, 0.5) is 0 Å². The van der Waals surface area contributed by atoms with Crippen molar-refractivity contribution in [1.82, 2.24) is 4.72 Å². The van der Waals surface area contributed by atoms with Gasteiger partial charge < -0.3 is 10.2 Å². The van der Waals surface area contributed by atoms with Crippen molar-refractivity contribution < 1.29 is 23.4 Å². The zero-order chi connectivity index (χ0) is 15.2. The summed E-state index contributed by atoms with van der Waals surface area (Å²) in [7, 11) is -3.79. The zero-order valence-electron chi connectivity index (χ0n) is 11.3. The smallest absolute Gasteiger partial charge is 0.347 e. The molecule has 0 spiro atoms. The summed E-state index contributed by atoms with van der Waals surface area (Å²) in [6.07, 6.45) is 3.03. The minimum atomic E-state index is -3.79. The first-order chi connectivity index (χ1) is 9.40. The molecule has 0 saturated carbocycles. The van der Waals surface area contributed by atoms with Crippen molar-refractivity contribution in [1.29, 1.82) is 0 Å². The number of thiophene rings is 1. The Labute approximate surface area is 122 Å². The third kappa shape index (κ3) is 4.55. The van der Waals surface area contributed by atoms with E-state index in [1.54, 1.807) is 6.92 Å². The number of aryl methyl sites for hydroxylation is 1. The van der Waals surface area contributed by atoms with Crippen molar-refractivity contribution >= 4 is 27.3 Å². The quantitative estimate of drug-likeness (QED) is 0.599. The van der Waals surface area contributed by atoms with Gasteiger partial charge in [0.1, 0.15) is 9.77 Å². The molecule has 1 heterocycles. The molecule has 1 aromatic rings. The molecule has 0 radical (unpaired) electrons. The standard InChI is InChI=1S/C12H19NO5S2/c1-9-8-19-10(12(15)16)11(9)20(17,18)13-6-4-2-3-5-7-14/h8,13-14H,2-7H2,1H3,(H,15,16). The van der Waals surface area contributed by atoms with Gasteiger partial charge in [-0.2, -0.15) is 0 Å². The van der Waals surface area contributed by atoms with Gasteiger partial charge in [0.05, 0.1) is 0 Å². The Morgan fingerprint density at radius 2 is 1.95 bits per heavy atom. The summed E-state index contributed by atoms with van der Waals surface area (Å²) < 4.78 is 26.7. The number of aromatic carboxylic acids is 1. The largest absolute Gasteiger partial charge is 0.477 e. The van der Waals surface area contributed by atoms with Crippen LogP contribution in [0, 0.1) is 6.92 Å². The summed E-state index contributed by atoms with van der Waals surface area (Å²) in [4.78, 5) is 10.7. The molecule has 1 rings (SSSR count). The molecule has 1 aromatic heterocycles. The number of unbranched alkanes of at least 4 members (excludes halogenated alkanes) is 3. The van der Waals surface area contributed by atoms with Crippen LogP contribution in [0.3, 0.4) is 0 Å². The Morgan fingerprint density at radius 3 is 2.55 bits per heavy atom. The summed E-state index contributed by atoms with van der Waals surface area (Å²) in [5.74, 6) is -1.23. The summed E-state index contributed by atoms with van der Waals surface area (Å²) in [6, 6.07) is 0. The number of sulfonamides is 1. The van der Waals surface area contributed by atoms with Crippen molar-refractivity contribution in [3.05, 3.63) is 15.8 Å². The number of nitrogens with one attached hydrogen (secondary N) is 1. The lowest BCUT2D eigenvalue weighted by Crippen LogP contribution is -2.26. The molecule has 20 heavy (non-hydrogen) atoms. The molecule has 0 aliphatic rings. The topological polar surface area (TPSA) is 104 Å². The fourth-order valence-corrected chi connectivity index (χ4v) is 4.48. The minimum absolute atomic E-state index is 0.134. The van der Waals surface area contributed by atoms with Gasteiger partial charge in [-0.15, -0.1) is 11.3 Å². The molecule has 0 saturated heterocycles. The van der Waals surface area contributed by atoms with Crippen LogP contribution in [0.1, 0.15) is 40.9 Å². The van der Waals surface area contributed by atoms with E-state index in [-0.39, 0.29) is 22.9 Å². The summed E-state index contributed by atoms with van der Waals surface area (Å²) in [5, 5.41) is 19.2.